The maximum absolute atomic E-state index is 16.4. The minimum absolute atomic E-state index is 0.201. The molecule has 0 saturated carbocycles. The summed E-state index contributed by atoms with van der Waals surface area (Å²) in [6.45, 7) is 10.0. The number of fused-ring (bicyclic) bond motifs is 5. The van der Waals surface area contributed by atoms with Crippen LogP contribution in [0.3, 0.4) is 0 Å². The topological polar surface area (TPSA) is 32.3 Å². The first-order valence-corrected chi connectivity index (χ1v) is 10.8. The van der Waals surface area contributed by atoms with Crippen molar-refractivity contribution >= 4 is 22.9 Å². The molecule has 3 aromatic rings. The molecule has 1 aromatic heterocycles. The molecule has 0 saturated heterocycles. The van der Waals surface area contributed by atoms with Crippen molar-refractivity contribution in [3.8, 4) is 0 Å². The zero-order valence-corrected chi connectivity index (χ0v) is 18.3. The van der Waals surface area contributed by atoms with Crippen molar-refractivity contribution in [3.63, 3.8) is 0 Å². The predicted octanol–water partition coefficient (Wildman–Crippen LogP) is 6.65. The van der Waals surface area contributed by atoms with E-state index < -0.39 is 5.67 Å². The molecule has 0 spiro atoms. The SMILES string of the molecule is CC.CCC1(F)c2ccccc2N2c3ncncc3N(c3ccccc3C)C2C1C. The summed E-state index contributed by atoms with van der Waals surface area (Å²) in [6, 6.07) is 16.1. The van der Waals surface area contributed by atoms with Crippen LogP contribution >= 0.6 is 0 Å². The molecule has 3 unspecified atom stereocenters. The van der Waals surface area contributed by atoms with E-state index in [1.54, 1.807) is 6.33 Å². The van der Waals surface area contributed by atoms with Crippen LogP contribution in [0.2, 0.25) is 0 Å². The largest absolute Gasteiger partial charge is 0.315 e. The number of anilines is 4. The Hall–Kier alpha value is -2.95. The van der Waals surface area contributed by atoms with Gasteiger partial charge in [0, 0.05) is 17.2 Å². The van der Waals surface area contributed by atoms with Gasteiger partial charge in [0.15, 0.2) is 5.82 Å². The Morgan fingerprint density at radius 1 is 0.967 bits per heavy atom. The molecule has 3 heterocycles. The average Bonchev–Trinajstić information content (AvgIpc) is 3.14. The van der Waals surface area contributed by atoms with E-state index in [2.05, 4.69) is 38.8 Å². The fourth-order valence-electron chi connectivity index (χ4n) is 4.89. The average molecular weight is 405 g/mol. The maximum Gasteiger partial charge on any atom is 0.162 e. The van der Waals surface area contributed by atoms with Gasteiger partial charge in [0.2, 0.25) is 0 Å². The van der Waals surface area contributed by atoms with E-state index in [4.69, 9.17) is 0 Å². The normalized spacial score (nSPS) is 23.8. The molecule has 0 aliphatic carbocycles. The molecule has 0 amide bonds. The number of nitrogens with zero attached hydrogens (tertiary/aromatic N) is 4. The van der Waals surface area contributed by atoms with Crippen LogP contribution in [-0.2, 0) is 5.67 Å². The molecule has 3 atom stereocenters. The lowest BCUT2D eigenvalue weighted by molar-refractivity contribution is 0.0620. The van der Waals surface area contributed by atoms with Gasteiger partial charge in [0.25, 0.3) is 0 Å². The van der Waals surface area contributed by atoms with Crippen LogP contribution in [0, 0.1) is 12.8 Å². The quantitative estimate of drug-likeness (QED) is 0.478. The molecule has 5 rings (SSSR count). The standard InChI is InChI=1S/C23H23FN4.C2H6/c1-4-23(24)16(3)22-27(18-11-7-5-9-15(18)2)20-13-25-14-26-21(20)28(22)19-12-8-6-10-17(19)23;1-2/h5-14,16,22H,4H2,1-3H3;1-2H3. The molecule has 0 fully saturated rings. The Labute approximate surface area is 178 Å². The molecule has 2 aromatic carbocycles. The van der Waals surface area contributed by atoms with Crippen LogP contribution in [-0.4, -0.2) is 16.1 Å². The van der Waals surface area contributed by atoms with Crippen molar-refractivity contribution in [2.24, 2.45) is 5.92 Å². The summed E-state index contributed by atoms with van der Waals surface area (Å²) in [5.74, 6) is 0.571. The van der Waals surface area contributed by atoms with Crippen molar-refractivity contribution in [3.05, 3.63) is 72.2 Å². The molecule has 4 nitrogen and oxygen atoms in total. The van der Waals surface area contributed by atoms with Gasteiger partial charge >= 0.3 is 0 Å². The van der Waals surface area contributed by atoms with Gasteiger partial charge in [-0.3, -0.25) is 0 Å². The minimum atomic E-state index is -1.41. The number of aryl methyl sites for hydroxylation is 1. The van der Waals surface area contributed by atoms with Gasteiger partial charge in [0.05, 0.1) is 11.9 Å². The summed E-state index contributed by atoms with van der Waals surface area (Å²) in [5.41, 5.74) is 3.36. The molecular formula is C25H29FN4. The van der Waals surface area contributed by atoms with Gasteiger partial charge in [-0.15, -0.1) is 0 Å². The third kappa shape index (κ3) is 2.72. The van der Waals surface area contributed by atoms with Crippen molar-refractivity contribution in [1.29, 1.82) is 0 Å². The molecule has 2 aliphatic heterocycles. The number of rotatable bonds is 2. The zero-order chi connectivity index (χ0) is 21.5. The summed E-state index contributed by atoms with van der Waals surface area (Å²) in [4.78, 5) is 13.3. The van der Waals surface area contributed by atoms with Crippen molar-refractivity contribution in [1.82, 2.24) is 9.97 Å². The summed E-state index contributed by atoms with van der Waals surface area (Å²) < 4.78 is 16.4. The van der Waals surface area contributed by atoms with Crippen molar-refractivity contribution < 1.29 is 4.39 Å². The van der Waals surface area contributed by atoms with E-state index in [9.17, 15) is 0 Å². The number of alkyl halides is 1. The minimum Gasteiger partial charge on any atom is -0.315 e. The van der Waals surface area contributed by atoms with Gasteiger partial charge in [-0.1, -0.05) is 64.1 Å². The van der Waals surface area contributed by atoms with Crippen LogP contribution in [0.4, 0.5) is 27.3 Å². The van der Waals surface area contributed by atoms with Crippen molar-refractivity contribution in [2.75, 3.05) is 9.80 Å². The van der Waals surface area contributed by atoms with E-state index in [0.29, 0.717) is 6.42 Å². The Kier molecular flexibility index (Phi) is 5.22. The lowest BCUT2D eigenvalue weighted by Gasteiger charge is -2.48. The second kappa shape index (κ2) is 7.71. The van der Waals surface area contributed by atoms with E-state index in [-0.39, 0.29) is 12.1 Å². The fourth-order valence-corrected chi connectivity index (χ4v) is 4.89. The highest BCUT2D eigenvalue weighted by Gasteiger charge is 2.55. The zero-order valence-electron chi connectivity index (χ0n) is 18.3. The first-order valence-electron chi connectivity index (χ1n) is 10.8. The first-order chi connectivity index (χ1) is 14.6. The van der Waals surface area contributed by atoms with Crippen LogP contribution in [0.25, 0.3) is 0 Å². The molecule has 156 valence electrons. The van der Waals surface area contributed by atoms with Crippen LogP contribution in [0.5, 0.6) is 0 Å². The van der Waals surface area contributed by atoms with Crippen molar-refractivity contribution in [2.45, 2.75) is 52.9 Å². The maximum atomic E-state index is 16.4. The first kappa shape index (κ1) is 20.3. The number of benzene rings is 2. The third-order valence-electron chi connectivity index (χ3n) is 6.36. The summed E-state index contributed by atoms with van der Waals surface area (Å²) in [5, 5.41) is 0. The van der Waals surface area contributed by atoms with Crippen LogP contribution < -0.4 is 9.80 Å². The summed E-state index contributed by atoms with van der Waals surface area (Å²) in [6.07, 6.45) is 3.64. The van der Waals surface area contributed by atoms with E-state index in [1.165, 1.54) is 0 Å². The second-order valence-electron chi connectivity index (χ2n) is 7.69. The lowest BCUT2D eigenvalue weighted by atomic mass is 9.75. The molecule has 5 heteroatoms. The van der Waals surface area contributed by atoms with Gasteiger partial charge in [-0.2, -0.15) is 0 Å². The number of para-hydroxylation sites is 2. The third-order valence-corrected chi connectivity index (χ3v) is 6.36. The Morgan fingerprint density at radius 3 is 2.33 bits per heavy atom. The second-order valence-corrected chi connectivity index (χ2v) is 7.69. The molecule has 30 heavy (non-hydrogen) atoms. The number of hydrogen-bond acceptors (Lipinski definition) is 4. The monoisotopic (exact) mass is 404 g/mol. The van der Waals surface area contributed by atoms with Crippen LogP contribution in [0.1, 0.15) is 45.2 Å². The molecule has 0 radical (unpaired) electrons. The molecule has 0 bridgehead atoms. The predicted molar refractivity (Wildman–Crippen MR) is 121 cm³/mol. The lowest BCUT2D eigenvalue weighted by Crippen LogP contribution is -2.54. The van der Waals surface area contributed by atoms with Gasteiger partial charge in [-0.05, 0) is 31.0 Å². The Morgan fingerprint density at radius 2 is 1.63 bits per heavy atom. The van der Waals surface area contributed by atoms with Gasteiger partial charge in [0.1, 0.15) is 23.8 Å². The number of aromatic nitrogens is 2. The van der Waals surface area contributed by atoms with Gasteiger partial charge < -0.3 is 9.80 Å². The molecule has 0 N–H and O–H groups in total. The Bertz CT molecular complexity index is 1050. The fraction of sp³-hybridized carbons (Fsp3) is 0.360. The molecular weight excluding hydrogens is 375 g/mol. The summed E-state index contributed by atoms with van der Waals surface area (Å²) >= 11 is 0. The molecule has 2 aliphatic rings. The van der Waals surface area contributed by atoms with Gasteiger partial charge in [-0.25, -0.2) is 14.4 Å². The smallest absolute Gasteiger partial charge is 0.162 e. The number of halogens is 1. The number of hydrogen-bond donors (Lipinski definition) is 0. The highest BCUT2D eigenvalue weighted by atomic mass is 19.1. The van der Waals surface area contributed by atoms with E-state index in [0.717, 1.165) is 34.0 Å². The summed E-state index contributed by atoms with van der Waals surface area (Å²) in [7, 11) is 0. The highest BCUT2D eigenvalue weighted by Crippen LogP contribution is 2.58. The van der Waals surface area contributed by atoms with Crippen LogP contribution in [0.15, 0.2) is 61.1 Å². The highest BCUT2D eigenvalue weighted by molar-refractivity contribution is 5.88. The van der Waals surface area contributed by atoms with E-state index in [1.807, 2.05) is 70.3 Å². The van der Waals surface area contributed by atoms with E-state index >= 15 is 4.39 Å². The Balaban J connectivity index is 0.00000106.